The molecule has 1 aliphatic heterocycles. The number of allylic oxidation sites excluding steroid dienone is 1. The fourth-order valence-electron chi connectivity index (χ4n) is 5.65. The molecule has 2 atom stereocenters. The maximum atomic E-state index is 14.0. The molecule has 1 aliphatic carbocycles. The minimum absolute atomic E-state index is 0.0325. The number of anilines is 1. The summed E-state index contributed by atoms with van der Waals surface area (Å²) in [5, 5.41) is 4.38. The van der Waals surface area contributed by atoms with Crippen LogP contribution in [-0.4, -0.2) is 47.2 Å². The Kier molecular flexibility index (Phi) is 7.95. The maximum absolute atomic E-state index is 14.0. The molecule has 10 heteroatoms. The van der Waals surface area contributed by atoms with Crippen LogP contribution >= 0.6 is 0 Å². The SMILES string of the molecule is C=CCS(=O)(=O)O[C@H]1CCC/C(=C/C(=O)Cc2cnn3ccc(N4CCC[C@@H]4c4cc(F)ccc4C)nc23)C1. The van der Waals surface area contributed by atoms with Crippen LogP contribution in [0.25, 0.3) is 5.65 Å². The molecule has 8 nitrogen and oxygen atoms in total. The Bertz CT molecular complexity index is 1530. The normalized spacial score (nSPS) is 21.1. The first kappa shape index (κ1) is 27.2. The fourth-order valence-corrected chi connectivity index (χ4v) is 6.60. The van der Waals surface area contributed by atoms with Crippen LogP contribution < -0.4 is 4.90 Å². The summed E-state index contributed by atoms with van der Waals surface area (Å²) in [6.07, 6.45) is 10.5. The summed E-state index contributed by atoms with van der Waals surface area (Å²) in [5.74, 6) is 0.210. The average molecular weight is 553 g/mol. The lowest BCUT2D eigenvalue weighted by molar-refractivity contribution is -0.114. The topological polar surface area (TPSA) is 93.9 Å². The van der Waals surface area contributed by atoms with Gasteiger partial charge < -0.3 is 4.90 Å². The monoisotopic (exact) mass is 552 g/mol. The summed E-state index contributed by atoms with van der Waals surface area (Å²) in [6, 6.07) is 6.85. The van der Waals surface area contributed by atoms with Crippen LogP contribution in [0.5, 0.6) is 0 Å². The summed E-state index contributed by atoms with van der Waals surface area (Å²) < 4.78 is 45.0. The number of fused-ring (bicyclic) bond motifs is 1. The van der Waals surface area contributed by atoms with E-state index >= 15 is 0 Å². The lowest BCUT2D eigenvalue weighted by Crippen LogP contribution is -2.24. The van der Waals surface area contributed by atoms with Crippen LogP contribution in [0, 0.1) is 12.7 Å². The van der Waals surface area contributed by atoms with Crippen molar-refractivity contribution in [1.82, 2.24) is 14.6 Å². The van der Waals surface area contributed by atoms with Crippen molar-refractivity contribution in [2.24, 2.45) is 0 Å². The maximum Gasteiger partial charge on any atom is 0.271 e. The van der Waals surface area contributed by atoms with Gasteiger partial charge in [0.15, 0.2) is 11.4 Å². The minimum atomic E-state index is -3.66. The largest absolute Gasteiger partial charge is 0.349 e. The van der Waals surface area contributed by atoms with E-state index in [0.29, 0.717) is 24.1 Å². The van der Waals surface area contributed by atoms with Crippen molar-refractivity contribution in [1.29, 1.82) is 0 Å². The molecule has 0 N–H and O–H groups in total. The molecule has 1 saturated carbocycles. The van der Waals surface area contributed by atoms with E-state index in [1.54, 1.807) is 22.9 Å². The number of hydrogen-bond acceptors (Lipinski definition) is 7. The van der Waals surface area contributed by atoms with Gasteiger partial charge in [0.25, 0.3) is 10.1 Å². The Labute approximate surface area is 228 Å². The lowest BCUT2D eigenvalue weighted by atomic mass is 9.91. The van der Waals surface area contributed by atoms with Crippen LogP contribution in [-0.2, 0) is 25.5 Å². The smallest absolute Gasteiger partial charge is 0.271 e. The van der Waals surface area contributed by atoms with E-state index in [2.05, 4.69) is 16.6 Å². The number of ketones is 1. The van der Waals surface area contributed by atoms with Gasteiger partial charge in [0, 0.05) is 24.7 Å². The molecule has 3 aromatic rings. The van der Waals surface area contributed by atoms with Crippen LogP contribution in [0.3, 0.4) is 0 Å². The van der Waals surface area contributed by atoms with Gasteiger partial charge in [-0.15, -0.1) is 6.58 Å². The Morgan fingerprint density at radius 3 is 2.92 bits per heavy atom. The Morgan fingerprint density at radius 1 is 1.26 bits per heavy atom. The summed E-state index contributed by atoms with van der Waals surface area (Å²) in [6.45, 7) is 6.27. The number of halogens is 1. The van der Waals surface area contributed by atoms with Gasteiger partial charge in [-0.3, -0.25) is 8.98 Å². The van der Waals surface area contributed by atoms with Crippen molar-refractivity contribution in [2.45, 2.75) is 64.0 Å². The van der Waals surface area contributed by atoms with Crippen LogP contribution in [0.2, 0.25) is 0 Å². The number of benzene rings is 1. The quantitative estimate of drug-likeness (QED) is 0.209. The zero-order valence-corrected chi connectivity index (χ0v) is 22.9. The highest BCUT2D eigenvalue weighted by molar-refractivity contribution is 7.86. The van der Waals surface area contributed by atoms with E-state index in [4.69, 9.17) is 9.17 Å². The second-order valence-corrected chi connectivity index (χ2v) is 12.0. The molecule has 0 spiro atoms. The van der Waals surface area contributed by atoms with Crippen LogP contribution in [0.4, 0.5) is 10.2 Å². The standard InChI is InChI=1S/C29H33FN4O4S/c1-3-14-39(36,37)38-25-7-4-6-21(16-25)15-24(35)17-22-19-31-34-13-11-28(32-29(22)34)33-12-5-8-27(33)26-18-23(30)10-9-20(26)2/h3,9-11,13,15,18-19,25,27H,1,4-8,12,14,16-17H2,2H3/b21-15-/t25-,27+/m0/s1. The molecule has 5 rings (SSSR count). The van der Waals surface area contributed by atoms with Crippen molar-refractivity contribution >= 4 is 27.4 Å². The molecule has 206 valence electrons. The summed E-state index contributed by atoms with van der Waals surface area (Å²) in [7, 11) is -3.66. The first-order chi connectivity index (χ1) is 18.7. The zero-order valence-electron chi connectivity index (χ0n) is 22.1. The lowest BCUT2D eigenvalue weighted by Gasteiger charge is -2.27. The molecular weight excluding hydrogens is 519 g/mol. The Hall–Kier alpha value is -3.37. The minimum Gasteiger partial charge on any atom is -0.349 e. The van der Waals surface area contributed by atoms with Gasteiger partial charge >= 0.3 is 0 Å². The second kappa shape index (κ2) is 11.4. The van der Waals surface area contributed by atoms with Crippen molar-refractivity contribution in [3.63, 3.8) is 0 Å². The molecule has 2 fully saturated rings. The third-order valence-corrected chi connectivity index (χ3v) is 8.63. The molecule has 0 unspecified atom stereocenters. The van der Waals surface area contributed by atoms with Crippen molar-refractivity contribution in [3.8, 4) is 0 Å². The molecule has 0 bridgehead atoms. The molecule has 3 heterocycles. The third kappa shape index (κ3) is 6.28. The molecular formula is C29H33FN4O4S. The number of rotatable bonds is 9. The van der Waals surface area contributed by atoms with E-state index in [0.717, 1.165) is 54.7 Å². The fraction of sp³-hybridized carbons (Fsp3) is 0.414. The van der Waals surface area contributed by atoms with E-state index in [1.807, 2.05) is 25.3 Å². The number of carbonyl (C=O) groups excluding carboxylic acids is 1. The number of nitrogens with zero attached hydrogens (tertiary/aromatic N) is 4. The van der Waals surface area contributed by atoms with Gasteiger partial charge in [0.2, 0.25) is 0 Å². The predicted octanol–water partition coefficient (Wildman–Crippen LogP) is 5.03. The molecule has 0 radical (unpaired) electrons. The van der Waals surface area contributed by atoms with Crippen molar-refractivity contribution in [2.75, 3.05) is 17.2 Å². The highest BCUT2D eigenvalue weighted by atomic mass is 32.2. The molecule has 2 aromatic heterocycles. The molecule has 0 amide bonds. The van der Waals surface area contributed by atoms with E-state index in [1.165, 1.54) is 12.1 Å². The average Bonchev–Trinajstić information content (AvgIpc) is 3.52. The van der Waals surface area contributed by atoms with E-state index in [9.17, 15) is 17.6 Å². The first-order valence-electron chi connectivity index (χ1n) is 13.3. The van der Waals surface area contributed by atoms with Gasteiger partial charge in [-0.1, -0.05) is 17.7 Å². The first-order valence-corrected chi connectivity index (χ1v) is 14.9. The van der Waals surface area contributed by atoms with E-state index in [-0.39, 0.29) is 29.8 Å². The van der Waals surface area contributed by atoms with Gasteiger partial charge in [-0.05, 0) is 80.9 Å². The molecule has 2 aliphatic rings. The van der Waals surface area contributed by atoms with Gasteiger partial charge in [0.05, 0.1) is 24.1 Å². The Morgan fingerprint density at radius 2 is 2.10 bits per heavy atom. The zero-order chi connectivity index (χ0) is 27.6. The number of carbonyl (C=O) groups is 1. The van der Waals surface area contributed by atoms with Gasteiger partial charge in [0.1, 0.15) is 11.6 Å². The third-order valence-electron chi connectivity index (χ3n) is 7.42. The molecule has 1 aromatic carbocycles. The highest BCUT2D eigenvalue weighted by Gasteiger charge is 2.29. The van der Waals surface area contributed by atoms with Gasteiger partial charge in [-0.25, -0.2) is 13.9 Å². The summed E-state index contributed by atoms with van der Waals surface area (Å²) >= 11 is 0. The summed E-state index contributed by atoms with van der Waals surface area (Å²) in [5.41, 5.74) is 4.24. The number of aromatic nitrogens is 3. The van der Waals surface area contributed by atoms with Crippen LogP contribution in [0.15, 0.2) is 61.0 Å². The second-order valence-electron chi connectivity index (χ2n) is 10.3. The molecule has 39 heavy (non-hydrogen) atoms. The number of hydrogen-bond donors (Lipinski definition) is 0. The predicted molar refractivity (Wildman–Crippen MR) is 148 cm³/mol. The number of aryl methyl sites for hydroxylation is 1. The summed E-state index contributed by atoms with van der Waals surface area (Å²) in [4.78, 5) is 20.1. The Balaban J connectivity index is 1.32. The molecule has 1 saturated heterocycles. The highest BCUT2D eigenvalue weighted by Crippen LogP contribution is 2.37. The van der Waals surface area contributed by atoms with Crippen LogP contribution in [0.1, 0.15) is 61.3 Å². The van der Waals surface area contributed by atoms with Gasteiger partial charge in [-0.2, -0.15) is 13.5 Å². The van der Waals surface area contributed by atoms with Crippen molar-refractivity contribution in [3.05, 3.63) is 83.5 Å². The van der Waals surface area contributed by atoms with E-state index < -0.39 is 16.2 Å². The van der Waals surface area contributed by atoms with Crippen molar-refractivity contribution < 1.29 is 21.8 Å².